The number of nitrogens with zero attached hydrogens (tertiary/aromatic N) is 4. The quantitative estimate of drug-likeness (QED) is 0.297. The number of ether oxygens (including phenoxy) is 3. The third kappa shape index (κ3) is 6.98. The summed E-state index contributed by atoms with van der Waals surface area (Å²) < 4.78 is 47.5. The normalized spacial score (nSPS) is 20.3. The smallest absolute Gasteiger partial charge is 0.411 e. The summed E-state index contributed by atoms with van der Waals surface area (Å²) in [5.41, 5.74) is -1.68. The summed E-state index contributed by atoms with van der Waals surface area (Å²) in [5, 5.41) is 0. The first kappa shape index (κ1) is 38.7. The Morgan fingerprint density at radius 2 is 1.63 bits per heavy atom. The first-order valence-corrected chi connectivity index (χ1v) is 18.2. The van der Waals surface area contributed by atoms with Gasteiger partial charge in [-0.1, -0.05) is 18.2 Å². The number of benzene rings is 2. The highest BCUT2D eigenvalue weighted by Gasteiger charge is 2.61. The summed E-state index contributed by atoms with van der Waals surface area (Å²) in [6.45, 7) is 9.91. The van der Waals surface area contributed by atoms with E-state index < -0.39 is 27.6 Å². The van der Waals surface area contributed by atoms with Crippen LogP contribution in [0.5, 0.6) is 11.5 Å². The lowest BCUT2D eigenvalue weighted by molar-refractivity contribution is -0.132. The van der Waals surface area contributed by atoms with E-state index in [4.69, 9.17) is 14.2 Å². The summed E-state index contributed by atoms with van der Waals surface area (Å²) >= 11 is 1.33. The molecule has 6 rings (SSSR count). The zero-order chi connectivity index (χ0) is 33.5. The van der Waals surface area contributed by atoms with Gasteiger partial charge in [0.15, 0.2) is 0 Å². The average molecular weight is 756 g/mol. The van der Waals surface area contributed by atoms with Gasteiger partial charge in [-0.15, -0.1) is 36.2 Å². The molecule has 3 aromatic rings. The molecule has 3 aliphatic rings. The lowest BCUT2D eigenvalue weighted by atomic mass is 9.86. The van der Waals surface area contributed by atoms with Gasteiger partial charge in [0, 0.05) is 47.5 Å². The summed E-state index contributed by atoms with van der Waals surface area (Å²) in [7, 11) is -0.804. The molecule has 2 amide bonds. The van der Waals surface area contributed by atoms with Crippen molar-refractivity contribution in [3.05, 3.63) is 69.4 Å². The highest BCUT2D eigenvalue weighted by molar-refractivity contribution is 7.93. The third-order valence-corrected chi connectivity index (χ3v) is 12.3. The maximum atomic E-state index is 15.0. The average Bonchev–Trinajstić information content (AvgIpc) is 3.54. The van der Waals surface area contributed by atoms with Gasteiger partial charge in [0.05, 0.1) is 25.0 Å². The number of amides is 2. The molecule has 4 heterocycles. The standard InChI is InChI=1S/C34H42N4O7S2.2ClH/c1-6-44-30-10-8-7-9-27(30)34(45-33(40)37-19-17-36(18-20-37)25-13-15-35(4)16-14-25)28-22-26(43-5)11-12-29(28)38(32(34)39)47(41,42)31-21-23(2)46-24(31)3;;/h7-12,21-22,25H,6,13-20H2,1-5H3;2*1H. The van der Waals surface area contributed by atoms with Crippen LogP contribution in [0.3, 0.4) is 0 Å². The molecule has 3 aliphatic heterocycles. The Kier molecular flexibility index (Phi) is 12.2. The molecule has 0 bridgehead atoms. The SMILES string of the molecule is CCOc1ccccc1C1(OC(=O)N2CCN(C3CCN(C)CC3)CC2)C(=O)N(S(=O)(=O)c2cc(C)sc2C)c2ccc(OC)cc21.Cl.Cl. The van der Waals surface area contributed by atoms with Gasteiger partial charge in [-0.3, -0.25) is 9.69 Å². The monoisotopic (exact) mass is 754 g/mol. The Bertz CT molecular complexity index is 1770. The van der Waals surface area contributed by atoms with Crippen molar-refractivity contribution in [1.29, 1.82) is 0 Å². The number of anilines is 1. The molecule has 1 atom stereocenters. The number of rotatable bonds is 8. The van der Waals surface area contributed by atoms with Crippen molar-refractivity contribution >= 4 is 63.9 Å². The van der Waals surface area contributed by atoms with Crippen LogP contribution in [0.1, 0.15) is 40.6 Å². The molecule has 49 heavy (non-hydrogen) atoms. The van der Waals surface area contributed by atoms with Gasteiger partial charge in [0.2, 0.25) is 5.60 Å². The van der Waals surface area contributed by atoms with Crippen molar-refractivity contribution < 1.29 is 32.2 Å². The Morgan fingerprint density at radius 1 is 0.959 bits per heavy atom. The highest BCUT2D eigenvalue weighted by Crippen LogP contribution is 2.53. The Morgan fingerprint density at radius 3 is 2.24 bits per heavy atom. The molecule has 2 fully saturated rings. The van der Waals surface area contributed by atoms with E-state index in [9.17, 15) is 13.2 Å². The molecular formula is C34H44Cl2N4O7S2. The van der Waals surface area contributed by atoms with E-state index in [2.05, 4.69) is 16.8 Å². The molecule has 2 aromatic carbocycles. The van der Waals surface area contributed by atoms with Gasteiger partial charge in [0.1, 0.15) is 16.4 Å². The minimum atomic E-state index is -4.42. The van der Waals surface area contributed by atoms with E-state index in [1.807, 2.05) is 13.8 Å². The van der Waals surface area contributed by atoms with Gasteiger partial charge in [0.25, 0.3) is 15.9 Å². The van der Waals surface area contributed by atoms with Crippen molar-refractivity contribution in [2.75, 3.05) is 64.3 Å². The molecular weight excluding hydrogens is 711 g/mol. The highest BCUT2D eigenvalue weighted by atomic mass is 35.5. The number of hydrogen-bond acceptors (Lipinski definition) is 10. The molecule has 268 valence electrons. The Balaban J connectivity index is 0.00000270. The van der Waals surface area contributed by atoms with Crippen molar-refractivity contribution in [2.24, 2.45) is 0 Å². The zero-order valence-electron chi connectivity index (χ0n) is 28.3. The minimum absolute atomic E-state index is 0. The van der Waals surface area contributed by atoms with Gasteiger partial charge >= 0.3 is 6.09 Å². The maximum absolute atomic E-state index is 15.0. The predicted octanol–water partition coefficient (Wildman–Crippen LogP) is 5.44. The number of para-hydroxylation sites is 1. The number of piperazine rings is 1. The summed E-state index contributed by atoms with van der Waals surface area (Å²) in [6.07, 6.45) is 1.46. The van der Waals surface area contributed by atoms with Gasteiger partial charge in [-0.2, -0.15) is 4.31 Å². The van der Waals surface area contributed by atoms with E-state index in [1.54, 1.807) is 54.3 Å². The lowest BCUT2D eigenvalue weighted by Crippen LogP contribution is -2.55. The number of hydrogen-bond donors (Lipinski definition) is 0. The van der Waals surface area contributed by atoms with E-state index in [1.165, 1.54) is 24.5 Å². The lowest BCUT2D eigenvalue weighted by Gasteiger charge is -2.42. The van der Waals surface area contributed by atoms with Crippen LogP contribution < -0.4 is 13.8 Å². The molecule has 11 nitrogen and oxygen atoms in total. The third-order valence-electron chi connectivity index (χ3n) is 9.38. The van der Waals surface area contributed by atoms with E-state index in [-0.39, 0.29) is 53.1 Å². The first-order valence-electron chi connectivity index (χ1n) is 16.0. The second-order valence-corrected chi connectivity index (χ2v) is 15.5. The minimum Gasteiger partial charge on any atom is -0.497 e. The van der Waals surface area contributed by atoms with E-state index in [0.717, 1.165) is 35.1 Å². The van der Waals surface area contributed by atoms with Gasteiger partial charge < -0.3 is 24.0 Å². The summed E-state index contributed by atoms with van der Waals surface area (Å²) in [4.78, 5) is 37.0. The van der Waals surface area contributed by atoms with Crippen LogP contribution in [0.25, 0.3) is 0 Å². The summed E-state index contributed by atoms with van der Waals surface area (Å²) in [5.74, 6) is -0.243. The molecule has 1 unspecified atom stereocenters. The van der Waals surface area contributed by atoms with E-state index in [0.29, 0.717) is 48.6 Å². The topological polar surface area (TPSA) is 109 Å². The van der Waals surface area contributed by atoms with Crippen molar-refractivity contribution in [3.63, 3.8) is 0 Å². The maximum Gasteiger partial charge on any atom is 0.411 e. The van der Waals surface area contributed by atoms with Crippen LogP contribution >= 0.6 is 36.2 Å². The molecule has 0 aliphatic carbocycles. The fourth-order valence-electron chi connectivity index (χ4n) is 6.95. The first-order chi connectivity index (χ1) is 22.5. The van der Waals surface area contributed by atoms with Crippen LogP contribution in [0.4, 0.5) is 10.5 Å². The van der Waals surface area contributed by atoms with Gasteiger partial charge in [-0.05, 0) is 84.1 Å². The Hall–Kier alpha value is -3.07. The number of carbonyl (C=O) groups is 2. The number of carbonyl (C=O) groups excluding carboxylic acids is 2. The number of methoxy groups -OCH3 is 1. The van der Waals surface area contributed by atoms with Crippen LogP contribution in [-0.4, -0.2) is 101 Å². The predicted molar refractivity (Wildman–Crippen MR) is 194 cm³/mol. The number of halogens is 2. The van der Waals surface area contributed by atoms with Crippen LogP contribution in [0.15, 0.2) is 53.4 Å². The molecule has 0 saturated carbocycles. The zero-order valence-corrected chi connectivity index (χ0v) is 31.6. The van der Waals surface area contributed by atoms with Crippen molar-refractivity contribution in [1.82, 2.24) is 14.7 Å². The number of thiophene rings is 1. The van der Waals surface area contributed by atoms with E-state index >= 15 is 4.79 Å². The fourth-order valence-corrected chi connectivity index (χ4v) is 9.93. The Labute approximate surface area is 305 Å². The molecule has 0 spiro atoms. The van der Waals surface area contributed by atoms with Crippen LogP contribution in [-0.2, 0) is 25.2 Å². The van der Waals surface area contributed by atoms with Crippen LogP contribution in [0, 0.1) is 13.8 Å². The van der Waals surface area contributed by atoms with Crippen molar-refractivity contribution in [2.45, 2.75) is 50.2 Å². The largest absolute Gasteiger partial charge is 0.497 e. The number of fused-ring (bicyclic) bond motifs is 1. The number of likely N-dealkylation sites (tertiary alicyclic amines) is 1. The molecule has 2 saturated heterocycles. The second-order valence-electron chi connectivity index (χ2n) is 12.3. The fraction of sp³-hybridized carbons (Fsp3) is 0.471. The summed E-state index contributed by atoms with van der Waals surface area (Å²) in [6, 6.07) is 13.5. The number of piperidine rings is 1. The number of sulfonamides is 1. The number of aryl methyl sites for hydroxylation is 2. The molecule has 15 heteroatoms. The molecule has 0 radical (unpaired) electrons. The van der Waals surface area contributed by atoms with Gasteiger partial charge in [-0.25, -0.2) is 13.2 Å². The molecule has 1 aromatic heterocycles. The van der Waals surface area contributed by atoms with Crippen LogP contribution in [0.2, 0.25) is 0 Å². The van der Waals surface area contributed by atoms with Crippen molar-refractivity contribution in [3.8, 4) is 11.5 Å². The molecule has 0 N–H and O–H groups in total. The second kappa shape index (κ2) is 15.4.